The maximum absolute atomic E-state index is 11.6. The second-order valence-electron chi connectivity index (χ2n) is 5.15. The molecule has 0 saturated carbocycles. The Morgan fingerprint density at radius 2 is 2.16 bits per heavy atom. The van der Waals surface area contributed by atoms with Crippen LogP contribution in [0.15, 0.2) is 0 Å². The molecule has 0 radical (unpaired) electrons. The third-order valence-corrected chi connectivity index (χ3v) is 7.77. The fourth-order valence-electron chi connectivity index (χ4n) is 1.91. The summed E-state index contributed by atoms with van der Waals surface area (Å²) in [6, 6.07) is 0. The Hall–Kier alpha value is 0.480. The van der Waals surface area contributed by atoms with E-state index in [1.165, 1.54) is 25.0 Å². The number of rotatable bonds is 9. The Balaban J connectivity index is 1.89. The molecule has 3 nitrogen and oxygen atoms in total. The minimum absolute atomic E-state index is 0.222. The molecule has 1 aliphatic heterocycles. The first-order valence-corrected chi connectivity index (χ1v) is 10.8. The molecule has 1 atom stereocenters. The molecule has 1 heterocycles. The molecule has 1 N–H and O–H groups in total. The molecule has 0 aromatic heterocycles. The Morgan fingerprint density at radius 3 is 2.84 bits per heavy atom. The van der Waals surface area contributed by atoms with Crippen molar-refractivity contribution in [3.8, 4) is 0 Å². The summed E-state index contributed by atoms with van der Waals surface area (Å²) in [6.45, 7) is 1.85. The Morgan fingerprint density at radius 1 is 1.32 bits per heavy atom. The number of hydrogen-bond acceptors (Lipinski definition) is 5. The van der Waals surface area contributed by atoms with E-state index < -0.39 is 0 Å². The van der Waals surface area contributed by atoms with E-state index in [-0.39, 0.29) is 5.91 Å². The van der Waals surface area contributed by atoms with Crippen LogP contribution in [0.1, 0.15) is 38.5 Å². The van der Waals surface area contributed by atoms with Crippen LogP contribution in [-0.4, -0.2) is 49.0 Å². The number of unbranched alkanes of at least 4 members (excludes halogenated alkanes) is 1. The van der Waals surface area contributed by atoms with Gasteiger partial charge in [0.15, 0.2) is 0 Å². The molecule has 0 aromatic carbocycles. The van der Waals surface area contributed by atoms with E-state index in [4.69, 9.17) is 0 Å². The van der Waals surface area contributed by atoms with Gasteiger partial charge in [0, 0.05) is 24.0 Å². The number of carbonyl (C=O) groups is 1. The lowest BCUT2D eigenvalue weighted by molar-refractivity contribution is -0.121. The first-order valence-electron chi connectivity index (χ1n) is 7.05. The van der Waals surface area contributed by atoms with E-state index in [9.17, 15) is 4.79 Å². The number of nitrogens with one attached hydrogen (secondary N) is 1. The molecule has 19 heavy (non-hydrogen) atoms. The summed E-state index contributed by atoms with van der Waals surface area (Å²) < 4.78 is 0. The van der Waals surface area contributed by atoms with Gasteiger partial charge in [0.25, 0.3) is 0 Å². The second kappa shape index (κ2) is 11.2. The van der Waals surface area contributed by atoms with Gasteiger partial charge in [0.2, 0.25) is 5.91 Å². The van der Waals surface area contributed by atoms with Crippen LogP contribution >= 0.6 is 31.4 Å². The summed E-state index contributed by atoms with van der Waals surface area (Å²) in [7, 11) is 10.0. The first kappa shape index (κ1) is 17.5. The zero-order valence-electron chi connectivity index (χ0n) is 12.0. The summed E-state index contributed by atoms with van der Waals surface area (Å²) in [4.78, 5) is 13.7. The van der Waals surface area contributed by atoms with Crippen molar-refractivity contribution in [2.75, 3.05) is 32.9 Å². The van der Waals surface area contributed by atoms with Crippen LogP contribution in [-0.2, 0) is 4.79 Å². The Kier molecular flexibility index (Phi) is 10.3. The predicted molar refractivity (Wildman–Crippen MR) is 90.7 cm³/mol. The minimum atomic E-state index is 0.222. The van der Waals surface area contributed by atoms with E-state index in [1.54, 1.807) is 0 Å². The number of hydrogen-bond donors (Lipinski definition) is 1. The number of nitrogens with zero attached hydrogens (tertiary/aromatic N) is 1. The lowest BCUT2D eigenvalue weighted by Gasteiger charge is -2.19. The molecule has 0 unspecified atom stereocenters. The molecule has 1 aliphatic rings. The molecule has 6 heteroatoms. The molecule has 1 fully saturated rings. The van der Waals surface area contributed by atoms with Gasteiger partial charge in [-0.2, -0.15) is 0 Å². The van der Waals surface area contributed by atoms with Gasteiger partial charge in [0.05, 0.1) is 0 Å². The molecule has 1 saturated heterocycles. The van der Waals surface area contributed by atoms with Gasteiger partial charge in [-0.1, -0.05) is 28.0 Å². The Bertz CT molecular complexity index is 246. The van der Waals surface area contributed by atoms with Crippen LogP contribution in [0.2, 0.25) is 0 Å². The fraction of sp³-hybridized carbons (Fsp3) is 0.923. The summed E-state index contributed by atoms with van der Waals surface area (Å²) in [6.07, 6.45) is 6.56. The van der Waals surface area contributed by atoms with Crippen LogP contribution in [0.5, 0.6) is 0 Å². The maximum Gasteiger partial charge on any atom is 0.219 e. The lowest BCUT2D eigenvalue weighted by atomic mass is 10.1. The topological polar surface area (TPSA) is 32.3 Å². The quantitative estimate of drug-likeness (QED) is 0.519. The van der Waals surface area contributed by atoms with Gasteiger partial charge >= 0.3 is 0 Å². The largest absolute Gasteiger partial charge is 0.356 e. The number of amides is 1. The van der Waals surface area contributed by atoms with Crippen molar-refractivity contribution in [3.05, 3.63) is 0 Å². The van der Waals surface area contributed by atoms with Gasteiger partial charge in [0.1, 0.15) is 0 Å². The molecule has 1 amide bonds. The zero-order chi connectivity index (χ0) is 13.9. The van der Waals surface area contributed by atoms with Crippen LogP contribution < -0.4 is 5.32 Å². The van der Waals surface area contributed by atoms with E-state index in [0.29, 0.717) is 6.42 Å². The van der Waals surface area contributed by atoms with Gasteiger partial charge in [-0.25, -0.2) is 0 Å². The highest BCUT2D eigenvalue weighted by atomic mass is 33.5. The lowest BCUT2D eigenvalue weighted by Crippen LogP contribution is -2.26. The van der Waals surface area contributed by atoms with E-state index in [2.05, 4.69) is 24.3 Å². The average Bonchev–Trinajstić information content (AvgIpc) is 2.41. The first-order chi connectivity index (χ1) is 9.18. The van der Waals surface area contributed by atoms with Crippen LogP contribution in [0.4, 0.5) is 0 Å². The van der Waals surface area contributed by atoms with Crippen molar-refractivity contribution in [2.24, 2.45) is 0 Å². The molecule has 112 valence electrons. The molecule has 0 aliphatic carbocycles. The molecular formula is C13H26N2OS3. The molecular weight excluding hydrogens is 296 g/mol. The van der Waals surface area contributed by atoms with Crippen LogP contribution in [0.3, 0.4) is 0 Å². The molecule has 0 bridgehead atoms. The normalized spacial score (nSPS) is 19.6. The van der Waals surface area contributed by atoms with E-state index >= 15 is 0 Å². The minimum Gasteiger partial charge on any atom is -0.356 e. The molecule has 0 spiro atoms. The summed E-state index contributed by atoms with van der Waals surface area (Å²) in [5.74, 6) is 1.51. The molecule has 0 aromatic rings. The smallest absolute Gasteiger partial charge is 0.219 e. The van der Waals surface area contributed by atoms with Gasteiger partial charge in [-0.15, -0.1) is 0 Å². The zero-order valence-corrected chi connectivity index (χ0v) is 14.5. The van der Waals surface area contributed by atoms with Gasteiger partial charge < -0.3 is 10.2 Å². The highest BCUT2D eigenvalue weighted by molar-refractivity contribution is 9.09. The van der Waals surface area contributed by atoms with Crippen molar-refractivity contribution in [3.63, 3.8) is 0 Å². The highest BCUT2D eigenvalue weighted by Crippen LogP contribution is 2.45. The number of carbonyl (C=O) groups excluding carboxylic acids is 1. The SMILES string of the molecule is CN(C)CCCNC(=O)CCCC[C@@H]1CCSSS1. The molecule has 1 rings (SSSR count). The van der Waals surface area contributed by atoms with Crippen molar-refractivity contribution >= 4 is 37.3 Å². The van der Waals surface area contributed by atoms with Crippen molar-refractivity contribution in [1.29, 1.82) is 0 Å². The third-order valence-electron chi connectivity index (χ3n) is 3.03. The standard InChI is InChI=1S/C13H26N2OS3/c1-15(2)10-5-9-14-13(16)7-4-3-6-12-8-11-17-19-18-12/h12H,3-11H2,1-2H3,(H,14,16)/t12-/m1/s1. The summed E-state index contributed by atoms with van der Waals surface area (Å²) in [5, 5.41) is 3.81. The predicted octanol–water partition coefficient (Wildman–Crippen LogP) is 3.42. The Labute approximate surface area is 129 Å². The van der Waals surface area contributed by atoms with Crippen LogP contribution in [0.25, 0.3) is 0 Å². The van der Waals surface area contributed by atoms with Gasteiger partial charge in [-0.05, 0) is 56.1 Å². The van der Waals surface area contributed by atoms with Crippen molar-refractivity contribution in [1.82, 2.24) is 10.2 Å². The van der Waals surface area contributed by atoms with Gasteiger partial charge in [-0.3, -0.25) is 4.79 Å². The second-order valence-corrected chi connectivity index (χ2v) is 9.71. The van der Waals surface area contributed by atoms with Crippen molar-refractivity contribution < 1.29 is 4.79 Å². The van der Waals surface area contributed by atoms with E-state index in [1.807, 2.05) is 31.4 Å². The maximum atomic E-state index is 11.6. The third kappa shape index (κ3) is 9.93. The monoisotopic (exact) mass is 322 g/mol. The summed E-state index contributed by atoms with van der Waals surface area (Å²) in [5.41, 5.74) is 0. The van der Waals surface area contributed by atoms with E-state index in [0.717, 1.165) is 31.2 Å². The average molecular weight is 323 g/mol. The fourth-order valence-corrected chi connectivity index (χ4v) is 6.83. The highest BCUT2D eigenvalue weighted by Gasteiger charge is 2.14. The van der Waals surface area contributed by atoms with Crippen LogP contribution in [0, 0.1) is 0 Å². The van der Waals surface area contributed by atoms with Crippen molar-refractivity contribution in [2.45, 2.75) is 43.8 Å². The summed E-state index contributed by atoms with van der Waals surface area (Å²) >= 11 is 0.